The summed E-state index contributed by atoms with van der Waals surface area (Å²) in [6, 6.07) is 8.38. The van der Waals surface area contributed by atoms with Gasteiger partial charge in [0.1, 0.15) is 0 Å². The van der Waals surface area contributed by atoms with E-state index in [2.05, 4.69) is 24.5 Å². The predicted molar refractivity (Wildman–Crippen MR) is 73.4 cm³/mol. The SMILES string of the molecule is CCC(=O)Nc1ccc(NC(CC)CC)cc1. The molecule has 1 rings (SSSR count). The van der Waals surface area contributed by atoms with Crippen LogP contribution in [0.5, 0.6) is 0 Å². The van der Waals surface area contributed by atoms with Gasteiger partial charge in [0.15, 0.2) is 0 Å². The Balaban J connectivity index is 2.58. The summed E-state index contributed by atoms with van der Waals surface area (Å²) in [6.07, 6.45) is 2.74. The number of anilines is 2. The molecule has 1 aromatic rings. The van der Waals surface area contributed by atoms with E-state index in [9.17, 15) is 4.79 Å². The lowest BCUT2D eigenvalue weighted by Gasteiger charge is -2.16. The van der Waals surface area contributed by atoms with Crippen LogP contribution >= 0.6 is 0 Å². The van der Waals surface area contributed by atoms with Crippen molar-refractivity contribution in [3.63, 3.8) is 0 Å². The maximum Gasteiger partial charge on any atom is 0.224 e. The average Bonchev–Trinajstić information content (AvgIpc) is 2.37. The molecule has 1 amide bonds. The summed E-state index contributed by atoms with van der Waals surface area (Å²) in [4.78, 5) is 11.2. The Bertz CT molecular complexity index is 342. The number of benzene rings is 1. The third-order valence-corrected chi connectivity index (χ3v) is 2.85. The molecule has 0 saturated heterocycles. The molecule has 0 fully saturated rings. The zero-order valence-electron chi connectivity index (χ0n) is 10.9. The van der Waals surface area contributed by atoms with E-state index in [1.54, 1.807) is 0 Å². The number of hydrogen-bond acceptors (Lipinski definition) is 2. The molecule has 0 unspecified atom stereocenters. The highest BCUT2D eigenvalue weighted by molar-refractivity contribution is 5.90. The van der Waals surface area contributed by atoms with Gasteiger partial charge in [-0.2, -0.15) is 0 Å². The highest BCUT2D eigenvalue weighted by atomic mass is 16.1. The van der Waals surface area contributed by atoms with Crippen molar-refractivity contribution in [2.45, 2.75) is 46.1 Å². The second-order valence-corrected chi connectivity index (χ2v) is 4.14. The fraction of sp³-hybridized carbons (Fsp3) is 0.500. The molecule has 0 heterocycles. The highest BCUT2D eigenvalue weighted by Gasteiger charge is 2.03. The quantitative estimate of drug-likeness (QED) is 0.789. The average molecular weight is 234 g/mol. The molecule has 3 nitrogen and oxygen atoms in total. The molecule has 0 atom stereocenters. The lowest BCUT2D eigenvalue weighted by atomic mass is 10.1. The Hall–Kier alpha value is -1.51. The predicted octanol–water partition coefficient (Wildman–Crippen LogP) is 3.64. The molecule has 0 aromatic heterocycles. The molecule has 17 heavy (non-hydrogen) atoms. The van der Waals surface area contributed by atoms with Gasteiger partial charge in [0.05, 0.1) is 0 Å². The van der Waals surface area contributed by atoms with Crippen LogP contribution in [0.15, 0.2) is 24.3 Å². The van der Waals surface area contributed by atoms with Gasteiger partial charge in [0.2, 0.25) is 5.91 Å². The smallest absolute Gasteiger partial charge is 0.224 e. The van der Waals surface area contributed by atoms with E-state index in [-0.39, 0.29) is 5.91 Å². The van der Waals surface area contributed by atoms with Gasteiger partial charge < -0.3 is 10.6 Å². The van der Waals surface area contributed by atoms with Crippen molar-refractivity contribution in [3.05, 3.63) is 24.3 Å². The molecule has 0 saturated carbocycles. The van der Waals surface area contributed by atoms with Gasteiger partial charge in [0, 0.05) is 23.8 Å². The number of nitrogens with one attached hydrogen (secondary N) is 2. The standard InChI is InChI=1S/C14H22N2O/c1-4-11(5-2)15-12-7-9-13(10-8-12)16-14(17)6-3/h7-11,15H,4-6H2,1-3H3,(H,16,17). The van der Waals surface area contributed by atoms with E-state index in [0.717, 1.165) is 24.2 Å². The van der Waals surface area contributed by atoms with Crippen LogP contribution in [0.3, 0.4) is 0 Å². The first-order valence-electron chi connectivity index (χ1n) is 6.36. The zero-order chi connectivity index (χ0) is 12.7. The molecule has 0 aliphatic heterocycles. The summed E-state index contributed by atoms with van der Waals surface area (Å²) in [7, 11) is 0. The summed E-state index contributed by atoms with van der Waals surface area (Å²) in [5.41, 5.74) is 1.96. The van der Waals surface area contributed by atoms with Gasteiger partial charge in [-0.1, -0.05) is 20.8 Å². The fourth-order valence-electron chi connectivity index (χ4n) is 1.63. The first kappa shape index (κ1) is 13.6. The van der Waals surface area contributed by atoms with Crippen molar-refractivity contribution in [1.29, 1.82) is 0 Å². The molecule has 0 bridgehead atoms. The lowest BCUT2D eigenvalue weighted by Crippen LogP contribution is -2.16. The molecule has 94 valence electrons. The van der Waals surface area contributed by atoms with E-state index < -0.39 is 0 Å². The molecule has 0 aliphatic rings. The number of rotatable bonds is 6. The summed E-state index contributed by atoms with van der Waals surface area (Å²) in [5.74, 6) is 0.0469. The zero-order valence-corrected chi connectivity index (χ0v) is 10.9. The van der Waals surface area contributed by atoms with Crippen LogP contribution in [0.4, 0.5) is 11.4 Å². The molecule has 1 aromatic carbocycles. The lowest BCUT2D eigenvalue weighted by molar-refractivity contribution is -0.115. The number of carbonyl (C=O) groups is 1. The topological polar surface area (TPSA) is 41.1 Å². The second kappa shape index (κ2) is 6.94. The first-order valence-corrected chi connectivity index (χ1v) is 6.36. The van der Waals surface area contributed by atoms with Gasteiger partial charge in [-0.25, -0.2) is 0 Å². The van der Waals surface area contributed by atoms with Crippen LogP contribution in [0.2, 0.25) is 0 Å². The Kier molecular flexibility index (Phi) is 5.53. The van der Waals surface area contributed by atoms with Crippen molar-refractivity contribution in [1.82, 2.24) is 0 Å². The van der Waals surface area contributed by atoms with Crippen LogP contribution in [0.25, 0.3) is 0 Å². The Morgan fingerprint density at radius 1 is 1.06 bits per heavy atom. The van der Waals surface area contributed by atoms with Crippen LogP contribution < -0.4 is 10.6 Å². The molecule has 0 aliphatic carbocycles. The highest BCUT2D eigenvalue weighted by Crippen LogP contribution is 2.16. The monoisotopic (exact) mass is 234 g/mol. The van der Waals surface area contributed by atoms with Crippen molar-refractivity contribution in [2.75, 3.05) is 10.6 Å². The Labute approximate surface area is 104 Å². The molecular weight excluding hydrogens is 212 g/mol. The van der Waals surface area contributed by atoms with Crippen LogP contribution in [0.1, 0.15) is 40.0 Å². The second-order valence-electron chi connectivity index (χ2n) is 4.14. The number of hydrogen-bond donors (Lipinski definition) is 2. The van der Waals surface area contributed by atoms with Gasteiger partial charge in [0.25, 0.3) is 0 Å². The molecule has 0 spiro atoms. The number of carbonyl (C=O) groups excluding carboxylic acids is 1. The molecule has 2 N–H and O–H groups in total. The van der Waals surface area contributed by atoms with Crippen LogP contribution in [-0.4, -0.2) is 11.9 Å². The summed E-state index contributed by atoms with van der Waals surface area (Å²) in [5, 5.41) is 6.29. The summed E-state index contributed by atoms with van der Waals surface area (Å²) in [6.45, 7) is 6.20. The van der Waals surface area contributed by atoms with E-state index in [1.807, 2.05) is 31.2 Å². The van der Waals surface area contributed by atoms with Gasteiger partial charge >= 0.3 is 0 Å². The third kappa shape index (κ3) is 4.47. The minimum Gasteiger partial charge on any atom is -0.382 e. The van der Waals surface area contributed by atoms with Gasteiger partial charge in [-0.15, -0.1) is 0 Å². The third-order valence-electron chi connectivity index (χ3n) is 2.85. The Morgan fingerprint density at radius 3 is 2.06 bits per heavy atom. The van der Waals surface area contributed by atoms with Crippen molar-refractivity contribution in [3.8, 4) is 0 Å². The van der Waals surface area contributed by atoms with Crippen LogP contribution in [0, 0.1) is 0 Å². The molecule has 0 radical (unpaired) electrons. The van der Waals surface area contributed by atoms with Gasteiger partial charge in [-0.3, -0.25) is 4.79 Å². The fourth-order valence-corrected chi connectivity index (χ4v) is 1.63. The van der Waals surface area contributed by atoms with E-state index in [1.165, 1.54) is 0 Å². The summed E-state index contributed by atoms with van der Waals surface area (Å²) >= 11 is 0. The number of amides is 1. The van der Waals surface area contributed by atoms with Crippen molar-refractivity contribution >= 4 is 17.3 Å². The van der Waals surface area contributed by atoms with E-state index in [4.69, 9.17) is 0 Å². The minimum atomic E-state index is 0.0469. The largest absolute Gasteiger partial charge is 0.382 e. The maximum absolute atomic E-state index is 11.2. The van der Waals surface area contributed by atoms with Crippen molar-refractivity contribution < 1.29 is 4.79 Å². The first-order chi connectivity index (χ1) is 8.19. The minimum absolute atomic E-state index is 0.0469. The van der Waals surface area contributed by atoms with Gasteiger partial charge in [-0.05, 0) is 37.1 Å². The van der Waals surface area contributed by atoms with Crippen molar-refractivity contribution in [2.24, 2.45) is 0 Å². The Morgan fingerprint density at radius 2 is 1.59 bits per heavy atom. The molecular formula is C14H22N2O. The maximum atomic E-state index is 11.2. The summed E-state index contributed by atoms with van der Waals surface area (Å²) < 4.78 is 0. The molecule has 3 heteroatoms. The van der Waals surface area contributed by atoms with E-state index in [0.29, 0.717) is 12.5 Å². The van der Waals surface area contributed by atoms with E-state index >= 15 is 0 Å². The normalized spacial score (nSPS) is 10.4. The van der Waals surface area contributed by atoms with Crippen LogP contribution in [-0.2, 0) is 4.79 Å².